The number of nitriles is 3. The molecule has 7 aromatic carbocycles. The van der Waals surface area contributed by atoms with Gasteiger partial charge in [0.25, 0.3) is 0 Å². The highest BCUT2D eigenvalue weighted by atomic mass is 15.0. The van der Waals surface area contributed by atoms with E-state index >= 15 is 0 Å². The van der Waals surface area contributed by atoms with Crippen LogP contribution in [0.25, 0.3) is 77.2 Å². The first-order valence-corrected chi connectivity index (χ1v) is 16.3. The van der Waals surface area contributed by atoms with E-state index in [0.29, 0.717) is 16.7 Å². The SMILES string of the molecule is N#Cc1ccc(-c2ccccc2-n2c3ccc(C#N)cc3c3c(C#N)cccc32)c(-c2cccc(-n3c4ccccc4c4ccccc43)c2)c1. The number of para-hydroxylation sites is 3. The third-order valence-corrected chi connectivity index (χ3v) is 9.62. The first-order chi connectivity index (χ1) is 24.7. The summed E-state index contributed by atoms with van der Waals surface area (Å²) in [5, 5.41) is 33.9. The van der Waals surface area contributed by atoms with Crippen LogP contribution in [0, 0.1) is 34.0 Å². The lowest BCUT2D eigenvalue weighted by molar-refractivity contribution is 1.18. The fourth-order valence-electron chi connectivity index (χ4n) is 7.49. The first-order valence-electron chi connectivity index (χ1n) is 16.3. The Balaban J connectivity index is 1.30. The molecule has 0 atom stereocenters. The summed E-state index contributed by atoms with van der Waals surface area (Å²) in [6.07, 6.45) is 0. The summed E-state index contributed by atoms with van der Waals surface area (Å²) >= 11 is 0. The highest BCUT2D eigenvalue weighted by molar-refractivity contribution is 6.13. The average Bonchev–Trinajstić information content (AvgIpc) is 3.70. The number of hydrogen-bond donors (Lipinski definition) is 0. The Morgan fingerprint density at radius 3 is 1.80 bits per heavy atom. The zero-order valence-electron chi connectivity index (χ0n) is 26.7. The minimum absolute atomic E-state index is 0.537. The Kier molecular flexibility index (Phi) is 6.56. The van der Waals surface area contributed by atoms with Crippen molar-refractivity contribution in [1.29, 1.82) is 15.8 Å². The van der Waals surface area contributed by atoms with Gasteiger partial charge in [0.2, 0.25) is 0 Å². The van der Waals surface area contributed by atoms with E-state index in [0.717, 1.165) is 66.5 Å². The largest absolute Gasteiger partial charge is 0.309 e. The molecule has 0 amide bonds. The predicted molar refractivity (Wildman–Crippen MR) is 200 cm³/mol. The molecule has 0 radical (unpaired) electrons. The molecule has 0 saturated carbocycles. The van der Waals surface area contributed by atoms with Crippen molar-refractivity contribution in [3.05, 3.63) is 168 Å². The van der Waals surface area contributed by atoms with Gasteiger partial charge in [0.05, 0.1) is 62.7 Å². The van der Waals surface area contributed by atoms with E-state index in [1.54, 1.807) is 0 Å². The van der Waals surface area contributed by atoms with Crippen molar-refractivity contribution in [2.24, 2.45) is 0 Å². The quantitative estimate of drug-likeness (QED) is 0.193. The van der Waals surface area contributed by atoms with Crippen molar-refractivity contribution in [2.75, 3.05) is 0 Å². The molecule has 5 nitrogen and oxygen atoms in total. The molecular formula is C45H25N5. The van der Waals surface area contributed by atoms with Crippen molar-refractivity contribution < 1.29 is 0 Å². The summed E-state index contributed by atoms with van der Waals surface area (Å²) in [5.41, 5.74) is 11.5. The van der Waals surface area contributed by atoms with Crippen LogP contribution in [0.5, 0.6) is 0 Å². The molecule has 2 aromatic heterocycles. The molecule has 0 fully saturated rings. The lowest BCUT2D eigenvalue weighted by Gasteiger charge is -2.18. The number of benzene rings is 7. The van der Waals surface area contributed by atoms with Crippen LogP contribution in [0.15, 0.2) is 152 Å². The van der Waals surface area contributed by atoms with Crippen molar-refractivity contribution in [1.82, 2.24) is 9.13 Å². The van der Waals surface area contributed by atoms with Crippen LogP contribution in [0.2, 0.25) is 0 Å². The second kappa shape index (κ2) is 11.4. The zero-order valence-corrected chi connectivity index (χ0v) is 26.7. The summed E-state index contributed by atoms with van der Waals surface area (Å²) in [6.45, 7) is 0. The Bertz CT molecular complexity index is 2920. The van der Waals surface area contributed by atoms with E-state index in [1.807, 2.05) is 66.7 Å². The molecule has 230 valence electrons. The van der Waals surface area contributed by atoms with Gasteiger partial charge >= 0.3 is 0 Å². The molecule has 0 saturated heterocycles. The first kappa shape index (κ1) is 28.8. The Labute approximate surface area is 287 Å². The molecule has 2 heterocycles. The summed E-state index contributed by atoms with van der Waals surface area (Å²) in [7, 11) is 0. The fraction of sp³-hybridized carbons (Fsp3) is 0. The lowest BCUT2D eigenvalue weighted by atomic mass is 9.91. The van der Waals surface area contributed by atoms with Crippen LogP contribution < -0.4 is 0 Å². The van der Waals surface area contributed by atoms with Gasteiger partial charge in [-0.25, -0.2) is 0 Å². The van der Waals surface area contributed by atoms with Gasteiger partial charge < -0.3 is 9.13 Å². The topological polar surface area (TPSA) is 81.2 Å². The van der Waals surface area contributed by atoms with E-state index in [4.69, 9.17) is 0 Å². The Hall–Kier alpha value is -7.39. The second-order valence-electron chi connectivity index (χ2n) is 12.3. The molecule has 0 spiro atoms. The Morgan fingerprint density at radius 2 is 1.04 bits per heavy atom. The molecule has 9 aromatic rings. The normalized spacial score (nSPS) is 11.1. The van der Waals surface area contributed by atoms with Crippen LogP contribution in [0.1, 0.15) is 16.7 Å². The molecule has 0 unspecified atom stereocenters. The maximum Gasteiger partial charge on any atom is 0.0998 e. The van der Waals surface area contributed by atoms with E-state index in [-0.39, 0.29) is 0 Å². The zero-order chi connectivity index (χ0) is 33.8. The summed E-state index contributed by atoms with van der Waals surface area (Å²) in [4.78, 5) is 0. The third-order valence-electron chi connectivity index (χ3n) is 9.62. The van der Waals surface area contributed by atoms with Crippen molar-refractivity contribution in [2.45, 2.75) is 0 Å². The van der Waals surface area contributed by atoms with Gasteiger partial charge in [-0.15, -0.1) is 0 Å². The third kappa shape index (κ3) is 4.31. The van der Waals surface area contributed by atoms with Gasteiger partial charge in [-0.05, 0) is 89.5 Å². The van der Waals surface area contributed by atoms with Crippen molar-refractivity contribution in [3.8, 4) is 51.8 Å². The van der Waals surface area contributed by atoms with Gasteiger partial charge in [-0.1, -0.05) is 78.9 Å². The smallest absolute Gasteiger partial charge is 0.0998 e. The fourth-order valence-corrected chi connectivity index (χ4v) is 7.49. The number of aromatic nitrogens is 2. The summed E-state index contributed by atoms with van der Waals surface area (Å²) in [5.74, 6) is 0. The predicted octanol–water partition coefficient (Wildman–Crippen LogP) is 10.8. The molecule has 0 aliphatic carbocycles. The molecule has 50 heavy (non-hydrogen) atoms. The van der Waals surface area contributed by atoms with Gasteiger partial charge in [0, 0.05) is 32.8 Å². The highest BCUT2D eigenvalue weighted by Gasteiger charge is 2.20. The van der Waals surface area contributed by atoms with E-state index < -0.39 is 0 Å². The van der Waals surface area contributed by atoms with Crippen LogP contribution in [-0.2, 0) is 0 Å². The molecule has 9 rings (SSSR count). The second-order valence-corrected chi connectivity index (χ2v) is 12.3. The number of hydrogen-bond acceptors (Lipinski definition) is 3. The van der Waals surface area contributed by atoms with Crippen LogP contribution >= 0.6 is 0 Å². The van der Waals surface area contributed by atoms with Gasteiger partial charge in [-0.2, -0.15) is 15.8 Å². The number of rotatable bonds is 4. The minimum Gasteiger partial charge on any atom is -0.309 e. The maximum absolute atomic E-state index is 10.1. The van der Waals surface area contributed by atoms with Crippen molar-refractivity contribution >= 4 is 43.6 Å². The minimum atomic E-state index is 0.537. The molecule has 0 aliphatic heterocycles. The highest BCUT2D eigenvalue weighted by Crippen LogP contribution is 2.41. The monoisotopic (exact) mass is 635 g/mol. The standard InChI is InChI=1S/C45H25N5/c46-26-29-19-21-34(38(23-29)31-9-7-11-33(25-31)49-40-15-4-2-13-36(40)37-14-3-5-16-41(37)49)35-12-1-6-17-42(35)50-43-22-20-30(27-47)24-39(43)45-32(28-48)10-8-18-44(45)50/h1-25H. The summed E-state index contributed by atoms with van der Waals surface area (Å²) < 4.78 is 4.48. The number of nitrogens with zero attached hydrogens (tertiary/aromatic N) is 5. The van der Waals surface area contributed by atoms with Crippen LogP contribution in [0.3, 0.4) is 0 Å². The molecule has 5 heteroatoms. The summed E-state index contributed by atoms with van der Waals surface area (Å²) in [6, 6.07) is 57.9. The maximum atomic E-state index is 10.1. The number of fused-ring (bicyclic) bond motifs is 6. The molecule has 0 bridgehead atoms. The lowest BCUT2D eigenvalue weighted by Crippen LogP contribution is -1.99. The Morgan fingerprint density at radius 1 is 0.400 bits per heavy atom. The van der Waals surface area contributed by atoms with Gasteiger partial charge in [-0.3, -0.25) is 0 Å². The van der Waals surface area contributed by atoms with E-state index in [1.165, 1.54) is 10.8 Å². The average molecular weight is 636 g/mol. The molecule has 0 aliphatic rings. The molecule has 0 N–H and O–H groups in total. The van der Waals surface area contributed by atoms with Crippen molar-refractivity contribution in [3.63, 3.8) is 0 Å². The van der Waals surface area contributed by atoms with Crippen LogP contribution in [-0.4, -0.2) is 9.13 Å². The van der Waals surface area contributed by atoms with Crippen LogP contribution in [0.4, 0.5) is 0 Å². The van der Waals surface area contributed by atoms with E-state index in [2.05, 4.69) is 112 Å². The van der Waals surface area contributed by atoms with Gasteiger partial charge in [0.1, 0.15) is 0 Å². The molecular weight excluding hydrogens is 611 g/mol. The van der Waals surface area contributed by atoms with E-state index in [9.17, 15) is 15.8 Å². The van der Waals surface area contributed by atoms with Gasteiger partial charge in [0.15, 0.2) is 0 Å².